The molecule has 15 nitrogen and oxygen atoms in total. The molecule has 1 aliphatic heterocycles. The van der Waals surface area contributed by atoms with E-state index in [1.165, 1.54) is 16.9 Å². The molecule has 1 fully saturated rings. The maximum atomic E-state index is 14.1. The fourth-order valence-corrected chi connectivity index (χ4v) is 6.88. The summed E-state index contributed by atoms with van der Waals surface area (Å²) in [5.41, 5.74) is 1.85. The van der Waals surface area contributed by atoms with Crippen molar-refractivity contribution in [2.45, 2.75) is 70.7 Å². The quantitative estimate of drug-likeness (QED) is 0.0476. The molecule has 314 valence electrons. The van der Waals surface area contributed by atoms with Crippen LogP contribution in [0.3, 0.4) is 0 Å². The first kappa shape index (κ1) is 44.2. The van der Waals surface area contributed by atoms with Crippen molar-refractivity contribution in [2.75, 3.05) is 38.6 Å². The van der Waals surface area contributed by atoms with Crippen LogP contribution in [0.5, 0.6) is 0 Å². The average Bonchev–Trinajstić information content (AvgIpc) is 3.81. The molecule has 3 atom stereocenters. The number of Topliss-reactive ketones (excluding diaryl/α,β-unsaturated/α-hetero) is 1. The van der Waals surface area contributed by atoms with E-state index in [-0.39, 0.29) is 37.5 Å². The largest absolute Gasteiger partial charge is 0.453 e. The molecule has 0 spiro atoms. The number of ether oxygens (including phenoxy) is 2. The summed E-state index contributed by atoms with van der Waals surface area (Å²) in [7, 11) is 1.20. The van der Waals surface area contributed by atoms with Crippen LogP contribution in [0.25, 0.3) is 11.0 Å². The van der Waals surface area contributed by atoms with Gasteiger partial charge in [0.1, 0.15) is 23.0 Å². The Hall–Kier alpha value is -6.95. The topological polar surface area (TPSA) is 192 Å². The van der Waals surface area contributed by atoms with Gasteiger partial charge in [0.15, 0.2) is 12.1 Å². The molecule has 1 aliphatic rings. The van der Waals surface area contributed by atoms with Gasteiger partial charge in [-0.15, -0.1) is 12.3 Å². The van der Waals surface area contributed by atoms with E-state index >= 15 is 0 Å². The molecule has 0 radical (unpaired) electrons. The van der Waals surface area contributed by atoms with E-state index in [0.29, 0.717) is 58.4 Å². The number of benzene rings is 3. The number of ketones is 1. The second-order valence-electron chi connectivity index (χ2n) is 15.5. The first-order valence-electron chi connectivity index (χ1n) is 19.5. The highest BCUT2D eigenvalue weighted by atomic mass is 16.6. The van der Waals surface area contributed by atoms with Crippen LogP contribution < -0.4 is 16.0 Å². The minimum absolute atomic E-state index is 0.0594. The van der Waals surface area contributed by atoms with Gasteiger partial charge >= 0.3 is 12.2 Å². The maximum Gasteiger partial charge on any atom is 0.410 e. The zero-order chi connectivity index (χ0) is 43.8. The molecular weight excluding hydrogens is 767 g/mol. The Bertz CT molecular complexity index is 2330. The highest BCUT2D eigenvalue weighted by Gasteiger charge is 2.48. The molecule has 4 aromatic rings. The van der Waals surface area contributed by atoms with Crippen LogP contribution in [-0.4, -0.2) is 100 Å². The van der Waals surface area contributed by atoms with Crippen LogP contribution >= 0.6 is 0 Å². The number of methoxy groups -OCH3 is 1. The number of carbonyl (C=O) groups is 6. The molecule has 3 aromatic carbocycles. The second kappa shape index (κ2) is 18.8. The molecular formula is C45H51N7O8. The second-order valence-corrected chi connectivity index (χ2v) is 15.5. The Morgan fingerprint density at radius 3 is 2.47 bits per heavy atom. The summed E-state index contributed by atoms with van der Waals surface area (Å²) in [6.45, 7) is 13.2. The van der Waals surface area contributed by atoms with Gasteiger partial charge in [0.05, 0.1) is 30.7 Å². The molecule has 0 aliphatic carbocycles. The number of hydrogen-bond donors (Lipinski definition) is 4. The maximum absolute atomic E-state index is 14.1. The Morgan fingerprint density at radius 1 is 1.08 bits per heavy atom. The van der Waals surface area contributed by atoms with Gasteiger partial charge in [-0.2, -0.15) is 0 Å². The van der Waals surface area contributed by atoms with Crippen LogP contribution in [0.1, 0.15) is 90.3 Å². The summed E-state index contributed by atoms with van der Waals surface area (Å²) in [5.74, 6) is 1.65. The fourth-order valence-electron chi connectivity index (χ4n) is 6.88. The smallest absolute Gasteiger partial charge is 0.410 e. The average molecular weight is 818 g/mol. The Morgan fingerprint density at radius 2 is 1.80 bits per heavy atom. The molecule has 0 unspecified atom stereocenters. The number of anilines is 1. The number of aldehydes is 1. The summed E-state index contributed by atoms with van der Waals surface area (Å²) in [4.78, 5) is 89.8. The Labute approximate surface area is 349 Å². The highest BCUT2D eigenvalue weighted by Crippen LogP contribution is 2.35. The number of aromatic amines is 1. The zero-order valence-corrected chi connectivity index (χ0v) is 34.7. The van der Waals surface area contributed by atoms with Gasteiger partial charge < -0.3 is 40.1 Å². The number of fused-ring (bicyclic) bond motifs is 1. The number of likely N-dealkylation sites (tertiary alicyclic amines) is 1. The van der Waals surface area contributed by atoms with Crippen LogP contribution in [0, 0.1) is 19.3 Å². The highest BCUT2D eigenvalue weighted by molar-refractivity contribution is 6.03. The molecule has 2 heterocycles. The van der Waals surface area contributed by atoms with E-state index in [2.05, 4.69) is 38.4 Å². The number of nitrogens with zero attached hydrogens (tertiary/aromatic N) is 3. The number of carbonyl (C=O) groups excluding carboxylic acids is 6. The van der Waals surface area contributed by atoms with Crippen molar-refractivity contribution in [1.29, 1.82) is 0 Å². The molecule has 60 heavy (non-hydrogen) atoms. The van der Waals surface area contributed by atoms with E-state index < -0.39 is 47.2 Å². The Balaban J connectivity index is 1.26. The van der Waals surface area contributed by atoms with E-state index in [0.717, 1.165) is 5.56 Å². The number of aromatic nitrogens is 2. The van der Waals surface area contributed by atoms with Crippen molar-refractivity contribution >= 4 is 52.8 Å². The predicted molar refractivity (Wildman–Crippen MR) is 226 cm³/mol. The van der Waals surface area contributed by atoms with Crippen LogP contribution in [-0.2, 0) is 19.1 Å². The lowest BCUT2D eigenvalue weighted by atomic mass is 9.91. The molecule has 0 bridgehead atoms. The standard InChI is InChI=1S/C45H51N7O8/c1-9-10-21-51(43(58)60-44(5,6)7)30(4)39-48-34-19-18-33(24-36(34)49-39)40(55)46-25-37(54)32-17-16-28(2)35(23-32)47-26-45(27-53)29(3)20-22-52(45)41(56)38(50-42(57)59-8)31-14-12-11-13-15-31/h1,11-19,23-24,27,30,38,47H,3,10,20-22,25-26H2,2,4-8H3,(H,46,55)(H,48,49)(H,50,57)/t30-,38+,45+/m0/s1. The number of alkyl carbamates (subject to hydrolysis) is 1. The lowest BCUT2D eigenvalue weighted by Gasteiger charge is -2.37. The van der Waals surface area contributed by atoms with Gasteiger partial charge in [-0.3, -0.25) is 19.3 Å². The molecule has 0 saturated carbocycles. The zero-order valence-electron chi connectivity index (χ0n) is 34.7. The number of imidazole rings is 1. The van der Waals surface area contributed by atoms with E-state index in [4.69, 9.17) is 15.9 Å². The van der Waals surface area contributed by atoms with Crippen LogP contribution in [0.4, 0.5) is 15.3 Å². The van der Waals surface area contributed by atoms with E-state index in [1.54, 1.807) is 94.4 Å². The summed E-state index contributed by atoms with van der Waals surface area (Å²) >= 11 is 0. The van der Waals surface area contributed by atoms with Gasteiger partial charge in [-0.1, -0.05) is 49.0 Å². The SMILES string of the molecule is C#CCCN(C(=O)OC(C)(C)C)[C@@H](C)c1nc2cc(C(=O)NCC(=O)c3ccc(C)c(NC[C@@]4(C=O)C(=C)CCN4C(=O)[C@H](NC(=O)OC)c4ccccc4)c3)ccc2[nH]1. The minimum atomic E-state index is -1.46. The van der Waals surface area contributed by atoms with Crippen molar-refractivity contribution in [1.82, 2.24) is 30.4 Å². The van der Waals surface area contributed by atoms with Gasteiger partial charge in [-0.05, 0) is 82.0 Å². The number of hydrogen-bond acceptors (Lipinski definition) is 10. The summed E-state index contributed by atoms with van der Waals surface area (Å²) in [6.07, 6.45) is 5.50. The van der Waals surface area contributed by atoms with Crippen molar-refractivity contribution < 1.29 is 38.2 Å². The monoisotopic (exact) mass is 817 g/mol. The number of amides is 4. The van der Waals surface area contributed by atoms with Crippen molar-refractivity contribution in [3.63, 3.8) is 0 Å². The third-order valence-corrected chi connectivity index (χ3v) is 10.3. The number of H-pyrrole nitrogens is 1. The molecule has 4 amide bonds. The first-order chi connectivity index (χ1) is 28.5. The van der Waals surface area contributed by atoms with Gasteiger partial charge in [0, 0.05) is 42.9 Å². The van der Waals surface area contributed by atoms with Crippen LogP contribution in [0.2, 0.25) is 0 Å². The minimum Gasteiger partial charge on any atom is -0.453 e. The summed E-state index contributed by atoms with van der Waals surface area (Å²) in [5, 5.41) is 8.53. The summed E-state index contributed by atoms with van der Waals surface area (Å²) in [6, 6.07) is 16.9. The number of nitrogens with one attached hydrogen (secondary N) is 4. The number of terminal acetylenes is 1. The van der Waals surface area contributed by atoms with Crippen molar-refractivity contribution in [3.8, 4) is 12.3 Å². The summed E-state index contributed by atoms with van der Waals surface area (Å²) < 4.78 is 10.4. The van der Waals surface area contributed by atoms with E-state index in [1.807, 2.05) is 6.92 Å². The van der Waals surface area contributed by atoms with E-state index in [9.17, 15) is 28.8 Å². The molecule has 15 heteroatoms. The molecule has 5 rings (SSSR count). The van der Waals surface area contributed by atoms with Gasteiger partial charge in [-0.25, -0.2) is 14.6 Å². The number of rotatable bonds is 15. The lowest BCUT2D eigenvalue weighted by Crippen LogP contribution is -2.56. The third-order valence-electron chi connectivity index (χ3n) is 10.3. The first-order valence-corrected chi connectivity index (χ1v) is 19.5. The van der Waals surface area contributed by atoms with Crippen molar-refractivity contribution in [2.24, 2.45) is 0 Å². The number of aryl methyl sites for hydroxylation is 1. The van der Waals surface area contributed by atoms with Crippen LogP contribution in [0.15, 0.2) is 78.9 Å². The fraction of sp³-hybridized carbons (Fsp3) is 0.356. The lowest BCUT2D eigenvalue weighted by molar-refractivity contribution is -0.139. The third kappa shape index (κ3) is 10.0. The van der Waals surface area contributed by atoms with Gasteiger partial charge in [0.2, 0.25) is 0 Å². The predicted octanol–water partition coefficient (Wildman–Crippen LogP) is 6.04. The van der Waals surface area contributed by atoms with Gasteiger partial charge in [0.25, 0.3) is 11.8 Å². The normalized spacial score (nSPS) is 15.9. The molecule has 4 N–H and O–H groups in total. The molecule has 1 aromatic heterocycles. The van der Waals surface area contributed by atoms with Crippen molar-refractivity contribution in [3.05, 3.63) is 107 Å². The Kier molecular flexibility index (Phi) is 13.8. The molecule has 1 saturated heterocycles.